The third-order valence-corrected chi connectivity index (χ3v) is 4.30. The molecule has 2 aromatic rings. The second-order valence-corrected chi connectivity index (χ2v) is 6.18. The van der Waals surface area contributed by atoms with Gasteiger partial charge in [0.1, 0.15) is 0 Å². The summed E-state index contributed by atoms with van der Waals surface area (Å²) in [5.74, 6) is 1.51. The van der Waals surface area contributed by atoms with Crippen molar-refractivity contribution in [2.24, 2.45) is 0 Å². The fourth-order valence-corrected chi connectivity index (χ4v) is 2.78. The first-order valence-electron chi connectivity index (χ1n) is 9.15. The summed E-state index contributed by atoms with van der Waals surface area (Å²) in [5, 5.41) is 0. The van der Waals surface area contributed by atoms with Crippen LogP contribution in [0.25, 0.3) is 0 Å². The molecule has 6 nitrogen and oxygen atoms in total. The van der Waals surface area contributed by atoms with Crippen LogP contribution in [-0.2, 0) is 22.4 Å². The van der Waals surface area contributed by atoms with E-state index < -0.39 is 0 Å². The summed E-state index contributed by atoms with van der Waals surface area (Å²) in [6.45, 7) is 4.57. The van der Waals surface area contributed by atoms with Crippen LogP contribution in [0.5, 0.6) is 11.5 Å². The number of hydrogen-bond acceptors (Lipinski definition) is 6. The van der Waals surface area contributed by atoms with E-state index in [1.54, 1.807) is 21.3 Å². The predicted molar refractivity (Wildman–Crippen MR) is 105 cm³/mol. The molecule has 1 aromatic carbocycles. The van der Waals surface area contributed by atoms with Gasteiger partial charge in [0, 0.05) is 39.1 Å². The zero-order chi connectivity index (χ0) is 19.3. The number of pyridine rings is 1. The van der Waals surface area contributed by atoms with Gasteiger partial charge in [0.25, 0.3) is 0 Å². The molecule has 0 saturated heterocycles. The molecule has 2 rings (SSSR count). The number of rotatable bonds is 13. The van der Waals surface area contributed by atoms with E-state index in [1.165, 1.54) is 11.1 Å². The smallest absolute Gasteiger partial charge is 0.160 e. The van der Waals surface area contributed by atoms with Crippen LogP contribution in [0.1, 0.15) is 11.1 Å². The molecule has 1 heterocycles. The highest BCUT2D eigenvalue weighted by Gasteiger charge is 2.09. The summed E-state index contributed by atoms with van der Waals surface area (Å²) in [7, 11) is 4.99. The number of nitrogens with zero attached hydrogens (tertiary/aromatic N) is 2. The zero-order valence-corrected chi connectivity index (χ0v) is 16.5. The molecule has 0 atom stereocenters. The number of methoxy groups -OCH3 is 3. The highest BCUT2D eigenvalue weighted by atomic mass is 16.5. The van der Waals surface area contributed by atoms with Gasteiger partial charge in [0.05, 0.1) is 34.0 Å². The first-order valence-corrected chi connectivity index (χ1v) is 9.15. The van der Waals surface area contributed by atoms with Crippen LogP contribution in [0.2, 0.25) is 0 Å². The third-order valence-electron chi connectivity index (χ3n) is 4.30. The van der Waals surface area contributed by atoms with Gasteiger partial charge < -0.3 is 18.9 Å². The Bertz CT molecular complexity index is 652. The molecule has 0 N–H and O–H groups in total. The van der Waals surface area contributed by atoms with E-state index in [1.807, 2.05) is 24.5 Å². The van der Waals surface area contributed by atoms with E-state index in [0.717, 1.165) is 37.6 Å². The summed E-state index contributed by atoms with van der Waals surface area (Å²) >= 11 is 0. The average molecular weight is 374 g/mol. The molecule has 1 aromatic heterocycles. The fraction of sp³-hybridized carbons (Fsp3) is 0.476. The quantitative estimate of drug-likeness (QED) is 0.503. The van der Waals surface area contributed by atoms with Gasteiger partial charge in [-0.2, -0.15) is 0 Å². The molecular weight excluding hydrogens is 344 g/mol. The van der Waals surface area contributed by atoms with Crippen LogP contribution >= 0.6 is 0 Å². The zero-order valence-electron chi connectivity index (χ0n) is 16.5. The Morgan fingerprint density at radius 1 is 0.815 bits per heavy atom. The lowest BCUT2D eigenvalue weighted by Gasteiger charge is -2.22. The number of hydrogen-bond donors (Lipinski definition) is 0. The van der Waals surface area contributed by atoms with Crippen molar-refractivity contribution >= 4 is 0 Å². The van der Waals surface area contributed by atoms with Crippen molar-refractivity contribution < 1.29 is 18.9 Å². The van der Waals surface area contributed by atoms with E-state index >= 15 is 0 Å². The van der Waals surface area contributed by atoms with Crippen LogP contribution in [0.15, 0.2) is 42.7 Å². The van der Waals surface area contributed by atoms with Crippen LogP contribution in [0, 0.1) is 0 Å². The lowest BCUT2D eigenvalue weighted by molar-refractivity contribution is 0.0561. The summed E-state index contributed by atoms with van der Waals surface area (Å²) in [5.41, 5.74) is 2.46. The van der Waals surface area contributed by atoms with Gasteiger partial charge in [0.2, 0.25) is 0 Å². The first-order chi connectivity index (χ1) is 13.3. The number of benzene rings is 1. The molecule has 6 heteroatoms. The molecule has 0 saturated carbocycles. The molecule has 0 bridgehead atoms. The van der Waals surface area contributed by atoms with Crippen molar-refractivity contribution in [1.82, 2.24) is 9.88 Å². The van der Waals surface area contributed by atoms with E-state index in [9.17, 15) is 0 Å². The Morgan fingerprint density at radius 3 is 2.30 bits per heavy atom. The minimum absolute atomic E-state index is 0.620. The summed E-state index contributed by atoms with van der Waals surface area (Å²) < 4.78 is 21.4. The highest BCUT2D eigenvalue weighted by Crippen LogP contribution is 2.27. The van der Waals surface area contributed by atoms with Gasteiger partial charge in [-0.1, -0.05) is 6.07 Å². The van der Waals surface area contributed by atoms with Gasteiger partial charge in [-0.05, 0) is 41.8 Å². The van der Waals surface area contributed by atoms with Crippen LogP contribution in [0.4, 0.5) is 0 Å². The predicted octanol–water partition coefficient (Wildman–Crippen LogP) is 2.81. The fourth-order valence-electron chi connectivity index (χ4n) is 2.78. The van der Waals surface area contributed by atoms with Crippen molar-refractivity contribution in [2.45, 2.75) is 13.0 Å². The molecular formula is C21H30N2O4. The Kier molecular flexibility index (Phi) is 9.62. The van der Waals surface area contributed by atoms with Crippen LogP contribution < -0.4 is 9.47 Å². The molecule has 0 radical (unpaired) electrons. The maximum absolute atomic E-state index is 5.65. The van der Waals surface area contributed by atoms with E-state index in [-0.39, 0.29) is 0 Å². The van der Waals surface area contributed by atoms with Gasteiger partial charge in [-0.25, -0.2) is 0 Å². The number of ether oxygens (including phenoxy) is 4. The Hall–Kier alpha value is -2.15. The molecule has 0 aliphatic heterocycles. The minimum atomic E-state index is 0.620. The largest absolute Gasteiger partial charge is 0.493 e. The van der Waals surface area contributed by atoms with Crippen molar-refractivity contribution in [3.63, 3.8) is 0 Å². The standard InChI is InChI=1S/C21H30N2O4/c1-24-14-15-27-13-12-23(17-19-6-9-22-10-7-19)11-8-18-4-5-20(25-2)21(16-18)26-3/h4-7,9-10,16H,8,11-15,17H2,1-3H3. The lowest BCUT2D eigenvalue weighted by Crippen LogP contribution is -2.29. The Balaban J connectivity index is 1.93. The van der Waals surface area contributed by atoms with Crippen molar-refractivity contribution in [3.8, 4) is 11.5 Å². The Morgan fingerprint density at radius 2 is 1.59 bits per heavy atom. The van der Waals surface area contributed by atoms with E-state index in [0.29, 0.717) is 19.8 Å². The van der Waals surface area contributed by atoms with Crippen LogP contribution in [0.3, 0.4) is 0 Å². The molecule has 0 unspecified atom stereocenters. The highest BCUT2D eigenvalue weighted by molar-refractivity contribution is 5.42. The second kappa shape index (κ2) is 12.3. The topological polar surface area (TPSA) is 53.1 Å². The van der Waals surface area contributed by atoms with Gasteiger partial charge in [-0.15, -0.1) is 0 Å². The maximum atomic E-state index is 5.65. The summed E-state index contributed by atoms with van der Waals surface area (Å²) in [6, 6.07) is 10.2. The molecule has 0 spiro atoms. The van der Waals surface area contributed by atoms with Crippen molar-refractivity contribution in [3.05, 3.63) is 53.9 Å². The maximum Gasteiger partial charge on any atom is 0.160 e. The van der Waals surface area contributed by atoms with Gasteiger partial charge in [0.15, 0.2) is 11.5 Å². The number of aromatic nitrogens is 1. The van der Waals surface area contributed by atoms with Gasteiger partial charge >= 0.3 is 0 Å². The molecule has 0 aliphatic carbocycles. The molecule has 0 fully saturated rings. The second-order valence-electron chi connectivity index (χ2n) is 6.18. The van der Waals surface area contributed by atoms with Gasteiger partial charge in [-0.3, -0.25) is 9.88 Å². The summed E-state index contributed by atoms with van der Waals surface area (Å²) in [6.07, 6.45) is 4.58. The van der Waals surface area contributed by atoms with E-state index in [2.05, 4.69) is 28.1 Å². The van der Waals surface area contributed by atoms with Crippen molar-refractivity contribution in [1.29, 1.82) is 0 Å². The first kappa shape index (κ1) is 21.2. The lowest BCUT2D eigenvalue weighted by atomic mass is 10.1. The third kappa shape index (κ3) is 7.54. The molecule has 0 amide bonds. The normalized spacial score (nSPS) is 11.0. The average Bonchev–Trinajstić information content (AvgIpc) is 2.72. The Labute approximate surface area is 162 Å². The monoisotopic (exact) mass is 374 g/mol. The SMILES string of the molecule is COCCOCCN(CCc1ccc(OC)c(OC)c1)Cc1ccncc1. The van der Waals surface area contributed by atoms with Crippen LogP contribution in [-0.4, -0.2) is 64.1 Å². The summed E-state index contributed by atoms with van der Waals surface area (Å²) in [4.78, 5) is 6.48. The molecule has 27 heavy (non-hydrogen) atoms. The minimum Gasteiger partial charge on any atom is -0.493 e. The molecule has 0 aliphatic rings. The van der Waals surface area contributed by atoms with E-state index in [4.69, 9.17) is 18.9 Å². The van der Waals surface area contributed by atoms with Crippen molar-refractivity contribution in [2.75, 3.05) is 54.2 Å². The molecule has 148 valence electrons.